The Morgan fingerprint density at radius 3 is 2.96 bits per heavy atom. The number of aryl methyl sites for hydroxylation is 2. The number of carbonyl (C=O) groups excluding carboxylic acids is 1. The predicted molar refractivity (Wildman–Crippen MR) is 99.7 cm³/mol. The first kappa shape index (κ1) is 16.7. The van der Waals surface area contributed by atoms with Gasteiger partial charge >= 0.3 is 5.16 Å². The SMILES string of the molecule is CC[n+]1c(SCC(=O)NN=Cc2ccc(C)s2)[nH]c2ccccc21. The Balaban J connectivity index is 1.59. The summed E-state index contributed by atoms with van der Waals surface area (Å²) in [5.41, 5.74) is 4.80. The van der Waals surface area contributed by atoms with Gasteiger partial charge in [0.2, 0.25) is 0 Å². The highest BCUT2D eigenvalue weighted by Crippen LogP contribution is 2.17. The zero-order chi connectivity index (χ0) is 16.9. The second kappa shape index (κ2) is 7.63. The zero-order valence-electron chi connectivity index (χ0n) is 13.6. The molecule has 0 aliphatic rings. The fraction of sp³-hybridized carbons (Fsp3) is 0.235. The number of hydrazone groups is 1. The summed E-state index contributed by atoms with van der Waals surface area (Å²) in [6.07, 6.45) is 1.68. The highest BCUT2D eigenvalue weighted by molar-refractivity contribution is 7.99. The van der Waals surface area contributed by atoms with E-state index in [0.717, 1.165) is 27.6 Å². The lowest BCUT2D eigenvalue weighted by Gasteiger charge is -1.98. The molecule has 2 heterocycles. The number of hydrogen-bond acceptors (Lipinski definition) is 4. The Labute approximate surface area is 148 Å². The molecule has 0 aliphatic heterocycles. The summed E-state index contributed by atoms with van der Waals surface area (Å²) in [4.78, 5) is 17.6. The maximum Gasteiger partial charge on any atom is 0.317 e. The highest BCUT2D eigenvalue weighted by Gasteiger charge is 2.18. The van der Waals surface area contributed by atoms with Crippen molar-refractivity contribution < 1.29 is 9.36 Å². The van der Waals surface area contributed by atoms with Crippen molar-refractivity contribution in [3.05, 3.63) is 46.2 Å². The van der Waals surface area contributed by atoms with E-state index < -0.39 is 0 Å². The van der Waals surface area contributed by atoms with Gasteiger partial charge < -0.3 is 0 Å². The first-order valence-corrected chi connectivity index (χ1v) is 9.49. The molecule has 0 unspecified atom stereocenters. The molecular weight excluding hydrogens is 340 g/mol. The van der Waals surface area contributed by atoms with Crippen LogP contribution >= 0.6 is 23.1 Å². The number of hydrogen-bond donors (Lipinski definition) is 2. The van der Waals surface area contributed by atoms with E-state index in [1.165, 1.54) is 16.6 Å². The van der Waals surface area contributed by atoms with Gasteiger partial charge in [-0.25, -0.2) is 15.0 Å². The van der Waals surface area contributed by atoms with Crippen LogP contribution in [-0.2, 0) is 11.3 Å². The number of rotatable bonds is 6. The third kappa shape index (κ3) is 3.85. The molecule has 0 spiro atoms. The largest absolute Gasteiger partial charge is 0.317 e. The summed E-state index contributed by atoms with van der Waals surface area (Å²) >= 11 is 3.12. The molecule has 0 radical (unpaired) electrons. The Morgan fingerprint density at radius 1 is 1.38 bits per heavy atom. The van der Waals surface area contributed by atoms with Crippen LogP contribution < -0.4 is 9.99 Å². The number of nitrogens with one attached hydrogen (secondary N) is 2. The van der Waals surface area contributed by atoms with E-state index >= 15 is 0 Å². The normalized spacial score (nSPS) is 11.4. The predicted octanol–water partition coefficient (Wildman–Crippen LogP) is 3.09. The third-order valence-electron chi connectivity index (χ3n) is 3.48. The number of benzene rings is 1. The van der Waals surface area contributed by atoms with Crippen LogP contribution in [0.3, 0.4) is 0 Å². The van der Waals surface area contributed by atoms with Crippen molar-refractivity contribution in [2.24, 2.45) is 5.10 Å². The van der Waals surface area contributed by atoms with E-state index in [-0.39, 0.29) is 5.91 Å². The minimum atomic E-state index is -0.120. The molecule has 0 atom stereocenters. The van der Waals surface area contributed by atoms with Crippen molar-refractivity contribution in [2.75, 3.05) is 5.75 Å². The maximum absolute atomic E-state index is 12.0. The van der Waals surface area contributed by atoms with Gasteiger partial charge in [0.15, 0.2) is 11.0 Å². The van der Waals surface area contributed by atoms with Gasteiger partial charge in [-0.15, -0.1) is 11.3 Å². The average Bonchev–Trinajstić information content (AvgIpc) is 3.15. The molecule has 0 saturated carbocycles. The molecule has 3 rings (SSSR count). The van der Waals surface area contributed by atoms with Gasteiger partial charge in [-0.1, -0.05) is 12.1 Å². The van der Waals surface area contributed by atoms with Crippen molar-refractivity contribution in [3.63, 3.8) is 0 Å². The van der Waals surface area contributed by atoms with E-state index in [1.807, 2.05) is 37.3 Å². The van der Waals surface area contributed by atoms with Crippen LogP contribution in [0.1, 0.15) is 16.7 Å². The molecular formula is C17H19N4OS2+. The van der Waals surface area contributed by atoms with Crippen LogP contribution in [0.15, 0.2) is 46.7 Å². The van der Waals surface area contributed by atoms with E-state index in [9.17, 15) is 4.79 Å². The minimum Gasteiger partial charge on any atom is -0.272 e. The number of carbonyl (C=O) groups is 1. The van der Waals surface area contributed by atoms with E-state index in [2.05, 4.69) is 33.1 Å². The van der Waals surface area contributed by atoms with E-state index in [4.69, 9.17) is 0 Å². The number of aromatic nitrogens is 2. The first-order chi connectivity index (χ1) is 11.7. The van der Waals surface area contributed by atoms with Crippen molar-refractivity contribution >= 4 is 46.3 Å². The van der Waals surface area contributed by atoms with Gasteiger partial charge in [-0.3, -0.25) is 4.79 Å². The van der Waals surface area contributed by atoms with Crippen LogP contribution in [-0.4, -0.2) is 22.9 Å². The van der Waals surface area contributed by atoms with Gasteiger partial charge in [0.25, 0.3) is 5.91 Å². The number of imidazole rings is 1. The second-order valence-electron chi connectivity index (χ2n) is 5.22. The molecule has 24 heavy (non-hydrogen) atoms. The monoisotopic (exact) mass is 359 g/mol. The van der Waals surface area contributed by atoms with Crippen LogP contribution in [0.5, 0.6) is 0 Å². The number of H-pyrrole nitrogens is 1. The molecule has 2 N–H and O–H groups in total. The summed E-state index contributed by atoms with van der Waals surface area (Å²) in [5.74, 6) is 0.194. The van der Waals surface area contributed by atoms with Crippen molar-refractivity contribution in [1.82, 2.24) is 10.4 Å². The minimum absolute atomic E-state index is 0.120. The van der Waals surface area contributed by atoms with Crippen LogP contribution in [0, 0.1) is 6.92 Å². The van der Waals surface area contributed by atoms with Crippen LogP contribution in [0.25, 0.3) is 11.0 Å². The molecule has 2 aromatic heterocycles. The molecule has 0 saturated heterocycles. The second-order valence-corrected chi connectivity index (χ2v) is 7.51. The molecule has 5 nitrogen and oxygen atoms in total. The molecule has 7 heteroatoms. The molecule has 1 amide bonds. The lowest BCUT2D eigenvalue weighted by atomic mass is 10.3. The lowest BCUT2D eigenvalue weighted by molar-refractivity contribution is -0.705. The van der Waals surface area contributed by atoms with Crippen LogP contribution in [0.2, 0.25) is 0 Å². The van der Waals surface area contributed by atoms with Gasteiger partial charge in [0.05, 0.1) is 18.5 Å². The van der Waals surface area contributed by atoms with E-state index in [1.54, 1.807) is 17.6 Å². The van der Waals surface area contributed by atoms with E-state index in [0.29, 0.717) is 5.75 Å². The Bertz CT molecular complexity index is 882. The van der Waals surface area contributed by atoms with Crippen molar-refractivity contribution in [2.45, 2.75) is 25.5 Å². The number of thiophene rings is 1. The Morgan fingerprint density at radius 2 is 2.21 bits per heavy atom. The fourth-order valence-electron chi connectivity index (χ4n) is 2.39. The quantitative estimate of drug-likeness (QED) is 0.307. The number of aromatic amines is 1. The highest BCUT2D eigenvalue weighted by atomic mass is 32.2. The topological polar surface area (TPSA) is 61.1 Å². The summed E-state index contributed by atoms with van der Waals surface area (Å²) in [6.45, 7) is 4.99. The number of thioether (sulfide) groups is 1. The standard InChI is InChI=1S/C17H18N4OS2/c1-3-21-15-7-5-4-6-14(15)19-17(21)23-11-16(22)20-18-10-13-9-8-12(2)24-13/h4-10H,3,11H2,1-2H3,(H,20,22)/p+1. The summed E-state index contributed by atoms with van der Waals surface area (Å²) in [6, 6.07) is 12.2. The Hall–Kier alpha value is -2.12. The summed E-state index contributed by atoms with van der Waals surface area (Å²) < 4.78 is 2.17. The fourth-order valence-corrected chi connectivity index (χ4v) is 4.04. The number of para-hydroxylation sites is 2. The maximum atomic E-state index is 12.0. The molecule has 124 valence electrons. The van der Waals surface area contributed by atoms with Gasteiger partial charge in [-0.05, 0) is 49.9 Å². The molecule has 0 aliphatic carbocycles. The number of amides is 1. The lowest BCUT2D eigenvalue weighted by Crippen LogP contribution is -2.34. The summed E-state index contributed by atoms with van der Waals surface area (Å²) in [7, 11) is 0. The molecule has 0 bridgehead atoms. The molecule has 3 aromatic rings. The average molecular weight is 360 g/mol. The molecule has 0 fully saturated rings. The van der Waals surface area contributed by atoms with Crippen molar-refractivity contribution in [1.29, 1.82) is 0 Å². The molecule has 1 aromatic carbocycles. The number of fused-ring (bicyclic) bond motifs is 1. The van der Waals surface area contributed by atoms with Gasteiger partial charge in [0.1, 0.15) is 0 Å². The smallest absolute Gasteiger partial charge is 0.272 e. The Kier molecular flexibility index (Phi) is 5.32. The van der Waals surface area contributed by atoms with Gasteiger partial charge in [0, 0.05) is 9.75 Å². The zero-order valence-corrected chi connectivity index (χ0v) is 15.2. The summed E-state index contributed by atoms with van der Waals surface area (Å²) in [5, 5.41) is 4.99. The number of nitrogens with zero attached hydrogens (tertiary/aromatic N) is 2. The van der Waals surface area contributed by atoms with Crippen LogP contribution in [0.4, 0.5) is 0 Å². The van der Waals surface area contributed by atoms with Crippen molar-refractivity contribution in [3.8, 4) is 0 Å². The first-order valence-electron chi connectivity index (χ1n) is 7.69. The third-order valence-corrected chi connectivity index (χ3v) is 5.42. The van der Waals surface area contributed by atoms with Gasteiger partial charge in [-0.2, -0.15) is 5.10 Å².